The molecule has 0 fully saturated rings. The molecule has 0 saturated heterocycles. The molecule has 1 aromatic carbocycles. The molecular formula is C13H19N5OS. The van der Waals surface area contributed by atoms with Crippen LogP contribution in [0.4, 0.5) is 0 Å². The first kappa shape index (κ1) is 15.0. The highest BCUT2D eigenvalue weighted by Crippen LogP contribution is 2.21. The molecule has 0 spiro atoms. The molecule has 1 N–H and O–H groups in total. The Labute approximate surface area is 122 Å². The summed E-state index contributed by atoms with van der Waals surface area (Å²) in [6, 6.07) is 8.50. The zero-order valence-corrected chi connectivity index (χ0v) is 12.6. The Kier molecular flexibility index (Phi) is 5.97. The maximum absolute atomic E-state index is 4.99. The minimum absolute atomic E-state index is 0.735. The standard InChI is InChI=1S/C13H19N5OS/c1-18-16-13(15-17-18)10-20-12-5-3-11(4-6-12)9-14-7-8-19-2/h3-6,14H,7-10H2,1-2H3. The summed E-state index contributed by atoms with van der Waals surface area (Å²) in [6.45, 7) is 2.46. The summed E-state index contributed by atoms with van der Waals surface area (Å²) in [5.74, 6) is 1.49. The molecule has 0 aliphatic carbocycles. The monoisotopic (exact) mass is 293 g/mol. The Morgan fingerprint density at radius 2 is 2.10 bits per heavy atom. The Hall–Kier alpha value is -1.44. The molecule has 108 valence electrons. The summed E-state index contributed by atoms with van der Waals surface area (Å²) in [6.07, 6.45) is 0. The van der Waals surface area contributed by atoms with Gasteiger partial charge in [0.05, 0.1) is 19.4 Å². The normalized spacial score (nSPS) is 10.9. The maximum Gasteiger partial charge on any atom is 0.184 e. The molecule has 0 saturated carbocycles. The van der Waals surface area contributed by atoms with Crippen LogP contribution in [0.5, 0.6) is 0 Å². The van der Waals surface area contributed by atoms with Crippen molar-refractivity contribution in [3.63, 3.8) is 0 Å². The lowest BCUT2D eigenvalue weighted by molar-refractivity contribution is 0.199. The van der Waals surface area contributed by atoms with Crippen LogP contribution in [0.15, 0.2) is 29.2 Å². The van der Waals surface area contributed by atoms with Crippen molar-refractivity contribution >= 4 is 11.8 Å². The van der Waals surface area contributed by atoms with Crippen molar-refractivity contribution in [2.75, 3.05) is 20.3 Å². The van der Waals surface area contributed by atoms with E-state index in [1.807, 2.05) is 0 Å². The number of methoxy groups -OCH3 is 1. The van der Waals surface area contributed by atoms with Gasteiger partial charge in [-0.2, -0.15) is 4.80 Å². The van der Waals surface area contributed by atoms with Gasteiger partial charge >= 0.3 is 0 Å². The van der Waals surface area contributed by atoms with E-state index in [2.05, 4.69) is 45.0 Å². The number of nitrogens with one attached hydrogen (secondary N) is 1. The van der Waals surface area contributed by atoms with Crippen LogP contribution in [-0.4, -0.2) is 40.5 Å². The van der Waals surface area contributed by atoms with E-state index in [1.54, 1.807) is 25.9 Å². The number of benzene rings is 1. The summed E-state index contributed by atoms with van der Waals surface area (Å²) < 4.78 is 4.99. The smallest absolute Gasteiger partial charge is 0.184 e. The van der Waals surface area contributed by atoms with Gasteiger partial charge in [0.1, 0.15) is 0 Å². The van der Waals surface area contributed by atoms with E-state index >= 15 is 0 Å². The van der Waals surface area contributed by atoms with Crippen LogP contribution in [-0.2, 0) is 24.1 Å². The van der Waals surface area contributed by atoms with E-state index in [0.717, 1.165) is 31.3 Å². The Morgan fingerprint density at radius 1 is 1.30 bits per heavy atom. The highest BCUT2D eigenvalue weighted by molar-refractivity contribution is 7.98. The van der Waals surface area contributed by atoms with E-state index in [9.17, 15) is 0 Å². The van der Waals surface area contributed by atoms with Crippen LogP contribution in [0, 0.1) is 0 Å². The second kappa shape index (κ2) is 7.98. The van der Waals surface area contributed by atoms with Gasteiger partial charge in [-0.25, -0.2) is 0 Å². The number of nitrogens with zero attached hydrogens (tertiary/aromatic N) is 4. The van der Waals surface area contributed by atoms with Gasteiger partial charge in [0, 0.05) is 25.1 Å². The average molecular weight is 293 g/mol. The first-order valence-corrected chi connectivity index (χ1v) is 7.41. The predicted octanol–water partition coefficient (Wildman–Crippen LogP) is 1.24. The molecule has 2 rings (SSSR count). The van der Waals surface area contributed by atoms with Gasteiger partial charge in [-0.1, -0.05) is 12.1 Å². The van der Waals surface area contributed by atoms with Crippen LogP contribution >= 0.6 is 11.8 Å². The number of tetrazole rings is 1. The van der Waals surface area contributed by atoms with E-state index < -0.39 is 0 Å². The Morgan fingerprint density at radius 3 is 2.75 bits per heavy atom. The molecule has 7 heteroatoms. The molecule has 6 nitrogen and oxygen atoms in total. The van der Waals surface area contributed by atoms with Gasteiger partial charge < -0.3 is 10.1 Å². The van der Waals surface area contributed by atoms with Crippen molar-refractivity contribution in [3.05, 3.63) is 35.7 Å². The summed E-state index contributed by atoms with van der Waals surface area (Å²) in [4.78, 5) is 2.68. The molecule has 0 aliphatic heterocycles. The molecule has 0 atom stereocenters. The number of aromatic nitrogens is 4. The maximum atomic E-state index is 4.99. The fourth-order valence-corrected chi connectivity index (χ4v) is 2.38. The lowest BCUT2D eigenvalue weighted by atomic mass is 10.2. The van der Waals surface area contributed by atoms with Gasteiger partial charge in [-0.15, -0.1) is 22.0 Å². The molecule has 0 radical (unpaired) electrons. The van der Waals surface area contributed by atoms with Crippen molar-refractivity contribution in [2.45, 2.75) is 17.2 Å². The average Bonchev–Trinajstić information content (AvgIpc) is 2.88. The lowest BCUT2D eigenvalue weighted by Crippen LogP contribution is -2.18. The van der Waals surface area contributed by atoms with Crippen LogP contribution in [0.1, 0.15) is 11.4 Å². The second-order valence-corrected chi connectivity index (χ2v) is 5.35. The topological polar surface area (TPSA) is 64.9 Å². The molecule has 20 heavy (non-hydrogen) atoms. The van der Waals surface area contributed by atoms with Crippen LogP contribution in [0.3, 0.4) is 0 Å². The van der Waals surface area contributed by atoms with Crippen molar-refractivity contribution in [1.82, 2.24) is 25.5 Å². The number of hydrogen-bond donors (Lipinski definition) is 1. The molecule has 0 aliphatic rings. The number of rotatable bonds is 8. The summed E-state index contributed by atoms with van der Waals surface area (Å²) in [5.41, 5.74) is 1.27. The molecule has 1 aromatic heterocycles. The van der Waals surface area contributed by atoms with Gasteiger partial charge in [0.15, 0.2) is 5.82 Å². The summed E-state index contributed by atoms with van der Waals surface area (Å²) >= 11 is 1.71. The SMILES string of the molecule is COCCNCc1ccc(SCc2nnn(C)n2)cc1. The first-order valence-electron chi connectivity index (χ1n) is 6.42. The quantitative estimate of drug-likeness (QED) is 0.583. The first-order chi connectivity index (χ1) is 9.78. The van der Waals surface area contributed by atoms with Gasteiger partial charge in [-0.05, 0) is 22.9 Å². The minimum atomic E-state index is 0.735. The highest BCUT2D eigenvalue weighted by Gasteiger charge is 2.02. The minimum Gasteiger partial charge on any atom is -0.383 e. The zero-order chi connectivity index (χ0) is 14.2. The van der Waals surface area contributed by atoms with E-state index in [-0.39, 0.29) is 0 Å². The van der Waals surface area contributed by atoms with Crippen molar-refractivity contribution in [3.8, 4) is 0 Å². The largest absolute Gasteiger partial charge is 0.383 e. The number of thioether (sulfide) groups is 1. The van der Waals surface area contributed by atoms with E-state index in [0.29, 0.717) is 0 Å². The lowest BCUT2D eigenvalue weighted by Gasteiger charge is -2.05. The fourth-order valence-electron chi connectivity index (χ4n) is 1.64. The molecule has 0 amide bonds. The predicted molar refractivity (Wildman–Crippen MR) is 78.4 cm³/mol. The Bertz CT molecular complexity index is 514. The van der Waals surface area contributed by atoms with Crippen LogP contribution in [0.2, 0.25) is 0 Å². The van der Waals surface area contributed by atoms with Crippen LogP contribution < -0.4 is 5.32 Å². The third-order valence-electron chi connectivity index (χ3n) is 2.65. The van der Waals surface area contributed by atoms with Crippen molar-refractivity contribution in [1.29, 1.82) is 0 Å². The van der Waals surface area contributed by atoms with Crippen molar-refractivity contribution < 1.29 is 4.74 Å². The Balaban J connectivity index is 1.76. The third kappa shape index (κ3) is 4.92. The molecule has 0 bridgehead atoms. The molecular weight excluding hydrogens is 274 g/mol. The second-order valence-electron chi connectivity index (χ2n) is 4.30. The third-order valence-corrected chi connectivity index (χ3v) is 3.66. The molecule has 0 unspecified atom stereocenters. The number of ether oxygens (including phenoxy) is 1. The van der Waals surface area contributed by atoms with Gasteiger partial charge in [0.2, 0.25) is 0 Å². The van der Waals surface area contributed by atoms with E-state index in [4.69, 9.17) is 4.74 Å². The summed E-state index contributed by atoms with van der Waals surface area (Å²) in [7, 11) is 3.48. The van der Waals surface area contributed by atoms with Gasteiger partial charge in [0.25, 0.3) is 0 Å². The molecule has 1 heterocycles. The zero-order valence-electron chi connectivity index (χ0n) is 11.7. The van der Waals surface area contributed by atoms with Gasteiger partial charge in [-0.3, -0.25) is 0 Å². The van der Waals surface area contributed by atoms with E-state index in [1.165, 1.54) is 15.3 Å². The molecule has 2 aromatic rings. The van der Waals surface area contributed by atoms with Crippen molar-refractivity contribution in [2.24, 2.45) is 7.05 Å². The van der Waals surface area contributed by atoms with Crippen LogP contribution in [0.25, 0.3) is 0 Å². The summed E-state index contributed by atoms with van der Waals surface area (Å²) in [5, 5.41) is 15.3. The number of aryl methyl sites for hydroxylation is 1. The highest BCUT2D eigenvalue weighted by atomic mass is 32.2. The number of hydrogen-bond acceptors (Lipinski definition) is 6. The fraction of sp³-hybridized carbons (Fsp3) is 0.462.